The first-order valence-electron chi connectivity index (χ1n) is 8.65. The molecule has 114 valence electrons. The van der Waals surface area contributed by atoms with Gasteiger partial charge in [-0.2, -0.15) is 0 Å². The third-order valence-corrected chi connectivity index (χ3v) is 6.17. The van der Waals surface area contributed by atoms with Crippen LogP contribution in [0.25, 0.3) is 0 Å². The summed E-state index contributed by atoms with van der Waals surface area (Å²) < 4.78 is 5.67. The highest BCUT2D eigenvalue weighted by Gasteiger charge is 2.57. The van der Waals surface area contributed by atoms with Crippen molar-refractivity contribution in [2.75, 3.05) is 6.61 Å². The second-order valence-electron chi connectivity index (χ2n) is 7.50. The molecule has 1 N–H and O–H groups in total. The third-order valence-electron chi connectivity index (χ3n) is 6.17. The summed E-state index contributed by atoms with van der Waals surface area (Å²) >= 11 is 0. The van der Waals surface area contributed by atoms with Gasteiger partial charge in [-0.3, -0.25) is 0 Å². The van der Waals surface area contributed by atoms with Gasteiger partial charge in [0.2, 0.25) is 0 Å². The molecule has 0 saturated heterocycles. The van der Waals surface area contributed by atoms with Crippen molar-refractivity contribution in [1.29, 1.82) is 0 Å². The zero-order chi connectivity index (χ0) is 14.4. The minimum atomic E-state index is -0.573. The van der Waals surface area contributed by atoms with E-state index in [2.05, 4.69) is 19.1 Å². The van der Waals surface area contributed by atoms with Gasteiger partial charge in [0.15, 0.2) is 0 Å². The maximum absolute atomic E-state index is 11.5. The van der Waals surface area contributed by atoms with Crippen LogP contribution in [0.5, 0.6) is 5.75 Å². The van der Waals surface area contributed by atoms with E-state index >= 15 is 0 Å². The van der Waals surface area contributed by atoms with E-state index in [1.54, 1.807) is 0 Å². The Balaban J connectivity index is 1.60. The van der Waals surface area contributed by atoms with Crippen LogP contribution >= 0.6 is 0 Å². The number of aliphatic hydroxyl groups is 1. The van der Waals surface area contributed by atoms with Gasteiger partial charge < -0.3 is 9.84 Å². The first-order chi connectivity index (χ1) is 10.2. The highest BCUT2D eigenvalue weighted by molar-refractivity contribution is 5.33. The Morgan fingerprint density at radius 1 is 1.00 bits per heavy atom. The molecule has 0 aromatic heterocycles. The normalized spacial score (nSPS) is 40.5. The van der Waals surface area contributed by atoms with E-state index in [1.807, 2.05) is 12.1 Å². The van der Waals surface area contributed by atoms with Gasteiger partial charge in [-0.15, -0.1) is 0 Å². The molecule has 4 fully saturated rings. The molecular weight excluding hydrogens is 260 g/mol. The zero-order valence-corrected chi connectivity index (χ0v) is 12.9. The van der Waals surface area contributed by atoms with Crippen molar-refractivity contribution in [1.82, 2.24) is 0 Å². The molecule has 0 spiro atoms. The average Bonchev–Trinajstić information content (AvgIpc) is 2.50. The van der Waals surface area contributed by atoms with Crippen LogP contribution in [0.3, 0.4) is 0 Å². The summed E-state index contributed by atoms with van der Waals surface area (Å²) in [6.45, 7) is 2.88. The average molecular weight is 286 g/mol. The first kappa shape index (κ1) is 13.6. The molecule has 21 heavy (non-hydrogen) atoms. The summed E-state index contributed by atoms with van der Waals surface area (Å²) in [5.41, 5.74) is 0.552. The van der Waals surface area contributed by atoms with E-state index in [0.29, 0.717) is 11.8 Å². The Morgan fingerprint density at radius 3 is 2.10 bits per heavy atom. The summed E-state index contributed by atoms with van der Waals surface area (Å²) in [7, 11) is 0. The van der Waals surface area contributed by atoms with E-state index in [4.69, 9.17) is 4.74 Å². The van der Waals surface area contributed by atoms with Crippen LogP contribution in [0.2, 0.25) is 0 Å². The van der Waals surface area contributed by atoms with Gasteiger partial charge in [0.25, 0.3) is 0 Å². The van der Waals surface area contributed by atoms with E-state index < -0.39 is 5.60 Å². The number of benzene rings is 1. The lowest BCUT2D eigenvalue weighted by atomic mass is 9.48. The molecular formula is C19H26O2. The maximum Gasteiger partial charge on any atom is 0.119 e. The predicted octanol–water partition coefficient (Wildman–Crippen LogP) is 4.12. The SMILES string of the molecule is CCCOc1ccc(C2(O)C3CC4CC(C3)CC2C4)cc1. The molecule has 4 aliphatic rings. The summed E-state index contributed by atoms with van der Waals surface area (Å²) in [6.07, 6.45) is 7.38. The van der Waals surface area contributed by atoms with Crippen LogP contribution < -0.4 is 4.74 Å². The monoisotopic (exact) mass is 286 g/mol. The Hall–Kier alpha value is -1.02. The smallest absolute Gasteiger partial charge is 0.119 e. The summed E-state index contributed by atoms with van der Waals surface area (Å²) in [5.74, 6) is 3.67. The zero-order valence-electron chi connectivity index (χ0n) is 12.9. The molecule has 4 aliphatic carbocycles. The summed E-state index contributed by atoms with van der Waals surface area (Å²) in [5, 5.41) is 11.5. The summed E-state index contributed by atoms with van der Waals surface area (Å²) in [6, 6.07) is 8.28. The van der Waals surface area contributed by atoms with E-state index in [-0.39, 0.29) is 0 Å². The molecule has 5 rings (SSSR count). The lowest BCUT2D eigenvalue weighted by Crippen LogP contribution is -2.55. The van der Waals surface area contributed by atoms with Gasteiger partial charge in [0, 0.05) is 0 Å². The van der Waals surface area contributed by atoms with Crippen LogP contribution in [0, 0.1) is 23.7 Å². The summed E-state index contributed by atoms with van der Waals surface area (Å²) in [4.78, 5) is 0. The molecule has 0 heterocycles. The van der Waals surface area contributed by atoms with Crippen molar-refractivity contribution >= 4 is 0 Å². The largest absolute Gasteiger partial charge is 0.494 e. The van der Waals surface area contributed by atoms with Gasteiger partial charge in [-0.25, -0.2) is 0 Å². The molecule has 4 bridgehead atoms. The number of hydrogen-bond acceptors (Lipinski definition) is 2. The molecule has 2 heteroatoms. The minimum absolute atomic E-state index is 0.483. The van der Waals surface area contributed by atoms with Crippen molar-refractivity contribution < 1.29 is 9.84 Å². The highest BCUT2D eigenvalue weighted by Crippen LogP contribution is 2.61. The van der Waals surface area contributed by atoms with E-state index in [0.717, 1.165) is 36.2 Å². The van der Waals surface area contributed by atoms with Crippen LogP contribution in [-0.2, 0) is 5.60 Å². The van der Waals surface area contributed by atoms with Crippen LogP contribution in [0.15, 0.2) is 24.3 Å². The molecule has 1 aromatic rings. The molecule has 1 aromatic carbocycles. The van der Waals surface area contributed by atoms with Gasteiger partial charge >= 0.3 is 0 Å². The molecule has 0 unspecified atom stereocenters. The van der Waals surface area contributed by atoms with Crippen LogP contribution in [0.4, 0.5) is 0 Å². The van der Waals surface area contributed by atoms with E-state index in [9.17, 15) is 5.11 Å². The van der Waals surface area contributed by atoms with E-state index in [1.165, 1.54) is 32.1 Å². The van der Waals surface area contributed by atoms with Gasteiger partial charge in [-0.05, 0) is 79.9 Å². The topological polar surface area (TPSA) is 29.5 Å². The van der Waals surface area contributed by atoms with Crippen molar-refractivity contribution in [3.8, 4) is 5.75 Å². The molecule has 0 amide bonds. The fraction of sp³-hybridized carbons (Fsp3) is 0.684. The maximum atomic E-state index is 11.5. The molecule has 0 aliphatic heterocycles. The van der Waals surface area contributed by atoms with Crippen LogP contribution in [0.1, 0.15) is 51.0 Å². The highest BCUT2D eigenvalue weighted by atomic mass is 16.5. The van der Waals surface area contributed by atoms with Gasteiger partial charge in [0.1, 0.15) is 5.75 Å². The van der Waals surface area contributed by atoms with Gasteiger partial charge in [-0.1, -0.05) is 19.1 Å². The fourth-order valence-electron chi connectivity index (χ4n) is 5.41. The van der Waals surface area contributed by atoms with Crippen molar-refractivity contribution in [2.45, 2.75) is 51.0 Å². The number of hydrogen-bond donors (Lipinski definition) is 1. The standard InChI is InChI=1S/C19H26O2/c1-2-7-21-18-5-3-15(4-6-18)19(20)16-9-13-8-14(11-16)12-17(19)10-13/h3-6,13-14,16-17,20H,2,7-12H2,1H3. The lowest BCUT2D eigenvalue weighted by molar-refractivity contribution is -0.179. The third kappa shape index (κ3) is 2.11. The fourth-order valence-corrected chi connectivity index (χ4v) is 5.41. The lowest BCUT2D eigenvalue weighted by Gasteiger charge is -2.59. The Labute approximate surface area is 127 Å². The van der Waals surface area contributed by atoms with Crippen molar-refractivity contribution in [3.05, 3.63) is 29.8 Å². The van der Waals surface area contributed by atoms with Crippen LogP contribution in [-0.4, -0.2) is 11.7 Å². The molecule has 0 atom stereocenters. The van der Waals surface area contributed by atoms with Crippen molar-refractivity contribution in [3.63, 3.8) is 0 Å². The number of ether oxygens (including phenoxy) is 1. The first-order valence-corrected chi connectivity index (χ1v) is 8.65. The predicted molar refractivity (Wildman–Crippen MR) is 83.2 cm³/mol. The Kier molecular flexibility index (Phi) is 3.25. The van der Waals surface area contributed by atoms with Gasteiger partial charge in [0.05, 0.1) is 12.2 Å². The minimum Gasteiger partial charge on any atom is -0.494 e. The molecule has 4 saturated carbocycles. The second-order valence-corrected chi connectivity index (χ2v) is 7.50. The van der Waals surface area contributed by atoms with Crippen molar-refractivity contribution in [2.24, 2.45) is 23.7 Å². The quantitative estimate of drug-likeness (QED) is 0.902. The molecule has 2 nitrogen and oxygen atoms in total. The Morgan fingerprint density at radius 2 is 1.57 bits per heavy atom. The number of rotatable bonds is 4. The Bertz CT molecular complexity index is 477. The second kappa shape index (κ2) is 5.01. The molecule has 0 radical (unpaired) electrons.